The summed E-state index contributed by atoms with van der Waals surface area (Å²) in [5.41, 5.74) is 0. The second kappa shape index (κ2) is 5.83. The first kappa shape index (κ1) is 12.8. The molecule has 0 bridgehead atoms. The van der Waals surface area contributed by atoms with Crippen molar-refractivity contribution in [2.24, 2.45) is 11.8 Å². The van der Waals surface area contributed by atoms with Gasteiger partial charge in [-0.05, 0) is 32.2 Å². The standard InChI is InChI=1S/C13H25N3O/c1-10-4-3-5-16(9-10)11(2)6-15-13(17)12-7-14-8-12/h10-12,14H,3-9H2,1-2H3,(H,15,17). The Bertz CT molecular complexity index is 265. The van der Waals surface area contributed by atoms with Crippen LogP contribution < -0.4 is 10.6 Å². The molecule has 2 saturated heterocycles. The third kappa shape index (κ3) is 3.42. The fraction of sp³-hybridized carbons (Fsp3) is 0.923. The number of carbonyl (C=O) groups is 1. The molecule has 2 N–H and O–H groups in total. The highest BCUT2D eigenvalue weighted by atomic mass is 16.2. The Hall–Kier alpha value is -0.610. The number of amides is 1. The van der Waals surface area contributed by atoms with Gasteiger partial charge in [-0.15, -0.1) is 0 Å². The average molecular weight is 239 g/mol. The molecule has 0 saturated carbocycles. The predicted octanol–water partition coefficient (Wildman–Crippen LogP) is 0.442. The molecule has 4 nitrogen and oxygen atoms in total. The molecule has 2 heterocycles. The zero-order valence-corrected chi connectivity index (χ0v) is 11.0. The van der Waals surface area contributed by atoms with E-state index < -0.39 is 0 Å². The summed E-state index contributed by atoms with van der Waals surface area (Å²) in [7, 11) is 0. The predicted molar refractivity (Wildman–Crippen MR) is 68.8 cm³/mol. The molecule has 2 rings (SSSR count). The number of hydrogen-bond donors (Lipinski definition) is 2. The number of piperidine rings is 1. The van der Waals surface area contributed by atoms with Gasteiger partial charge in [0.15, 0.2) is 0 Å². The number of nitrogens with zero attached hydrogens (tertiary/aromatic N) is 1. The second-order valence-electron chi connectivity index (χ2n) is 5.69. The van der Waals surface area contributed by atoms with Gasteiger partial charge in [0, 0.05) is 32.2 Å². The molecule has 17 heavy (non-hydrogen) atoms. The van der Waals surface area contributed by atoms with Gasteiger partial charge in [0.05, 0.1) is 5.92 Å². The third-order valence-electron chi connectivity index (χ3n) is 4.04. The first-order chi connectivity index (χ1) is 8.16. The van der Waals surface area contributed by atoms with E-state index in [1.165, 1.54) is 25.9 Å². The summed E-state index contributed by atoms with van der Waals surface area (Å²) in [5.74, 6) is 1.24. The van der Waals surface area contributed by atoms with E-state index in [4.69, 9.17) is 0 Å². The highest BCUT2D eigenvalue weighted by Crippen LogP contribution is 2.17. The zero-order chi connectivity index (χ0) is 12.3. The maximum atomic E-state index is 11.7. The van der Waals surface area contributed by atoms with E-state index >= 15 is 0 Å². The minimum absolute atomic E-state index is 0.211. The van der Waals surface area contributed by atoms with Gasteiger partial charge in [0.25, 0.3) is 0 Å². The molecule has 4 heteroatoms. The Morgan fingerprint density at radius 3 is 2.88 bits per heavy atom. The Morgan fingerprint density at radius 2 is 2.29 bits per heavy atom. The highest BCUT2D eigenvalue weighted by molar-refractivity contribution is 5.80. The van der Waals surface area contributed by atoms with E-state index in [-0.39, 0.29) is 11.8 Å². The van der Waals surface area contributed by atoms with Crippen LogP contribution in [0.25, 0.3) is 0 Å². The van der Waals surface area contributed by atoms with E-state index in [0.29, 0.717) is 6.04 Å². The molecule has 0 aromatic rings. The third-order valence-corrected chi connectivity index (χ3v) is 4.04. The van der Waals surface area contributed by atoms with Crippen molar-refractivity contribution in [2.45, 2.75) is 32.7 Å². The molecule has 0 radical (unpaired) electrons. The molecule has 0 aliphatic carbocycles. The quantitative estimate of drug-likeness (QED) is 0.748. The number of likely N-dealkylation sites (tertiary alicyclic amines) is 1. The Morgan fingerprint density at radius 1 is 1.53 bits per heavy atom. The van der Waals surface area contributed by atoms with Gasteiger partial charge in [-0.1, -0.05) is 6.92 Å². The fourth-order valence-corrected chi connectivity index (χ4v) is 2.62. The molecule has 2 unspecified atom stereocenters. The van der Waals surface area contributed by atoms with Crippen LogP contribution in [-0.2, 0) is 4.79 Å². The monoisotopic (exact) mass is 239 g/mol. The van der Waals surface area contributed by atoms with Crippen LogP contribution >= 0.6 is 0 Å². The Labute approximate surface area is 104 Å². The van der Waals surface area contributed by atoms with Crippen LogP contribution in [0.2, 0.25) is 0 Å². The summed E-state index contributed by atoms with van der Waals surface area (Å²) in [6.45, 7) is 9.40. The van der Waals surface area contributed by atoms with Gasteiger partial charge in [-0.3, -0.25) is 9.69 Å². The molecule has 0 aromatic heterocycles. The second-order valence-corrected chi connectivity index (χ2v) is 5.69. The van der Waals surface area contributed by atoms with Gasteiger partial charge in [-0.2, -0.15) is 0 Å². The SMILES string of the molecule is CC1CCCN(C(C)CNC(=O)C2CNC2)C1. The summed E-state index contributed by atoms with van der Waals surface area (Å²) >= 11 is 0. The van der Waals surface area contributed by atoms with Crippen LogP contribution in [0.3, 0.4) is 0 Å². The zero-order valence-electron chi connectivity index (χ0n) is 11.0. The van der Waals surface area contributed by atoms with Crippen molar-refractivity contribution in [3.8, 4) is 0 Å². The van der Waals surface area contributed by atoms with Crippen molar-refractivity contribution < 1.29 is 4.79 Å². The minimum atomic E-state index is 0.211. The van der Waals surface area contributed by atoms with Crippen LogP contribution in [0.5, 0.6) is 0 Å². The van der Waals surface area contributed by atoms with Crippen LogP contribution in [0.1, 0.15) is 26.7 Å². The largest absolute Gasteiger partial charge is 0.354 e. The highest BCUT2D eigenvalue weighted by Gasteiger charge is 2.26. The van der Waals surface area contributed by atoms with Crippen molar-refractivity contribution in [3.63, 3.8) is 0 Å². The maximum absolute atomic E-state index is 11.7. The van der Waals surface area contributed by atoms with Crippen LogP contribution in [0.15, 0.2) is 0 Å². The molecular formula is C13H25N3O. The topological polar surface area (TPSA) is 44.4 Å². The van der Waals surface area contributed by atoms with Gasteiger partial charge in [0.2, 0.25) is 5.91 Å². The van der Waals surface area contributed by atoms with E-state index in [1.807, 2.05) is 0 Å². The normalized spacial score (nSPS) is 28.5. The van der Waals surface area contributed by atoms with E-state index in [9.17, 15) is 4.79 Å². The number of hydrogen-bond acceptors (Lipinski definition) is 3. The van der Waals surface area contributed by atoms with Crippen LogP contribution in [-0.4, -0.2) is 49.6 Å². The van der Waals surface area contributed by atoms with Crippen LogP contribution in [0, 0.1) is 11.8 Å². The lowest BCUT2D eigenvalue weighted by Crippen LogP contribution is -2.53. The molecule has 2 aliphatic heterocycles. The molecule has 0 aromatic carbocycles. The van der Waals surface area contributed by atoms with Gasteiger partial charge >= 0.3 is 0 Å². The first-order valence-corrected chi connectivity index (χ1v) is 6.89. The van der Waals surface area contributed by atoms with E-state index in [1.54, 1.807) is 0 Å². The molecule has 98 valence electrons. The molecule has 2 atom stereocenters. The molecule has 2 aliphatic rings. The molecular weight excluding hydrogens is 214 g/mol. The average Bonchev–Trinajstić information content (AvgIpc) is 2.23. The smallest absolute Gasteiger partial charge is 0.225 e. The molecule has 0 spiro atoms. The van der Waals surface area contributed by atoms with E-state index in [2.05, 4.69) is 29.4 Å². The summed E-state index contributed by atoms with van der Waals surface area (Å²) < 4.78 is 0. The fourth-order valence-electron chi connectivity index (χ4n) is 2.62. The van der Waals surface area contributed by atoms with Gasteiger partial charge in [-0.25, -0.2) is 0 Å². The Balaban J connectivity index is 1.68. The van der Waals surface area contributed by atoms with Crippen molar-refractivity contribution in [1.82, 2.24) is 15.5 Å². The summed E-state index contributed by atoms with van der Waals surface area (Å²) in [6.07, 6.45) is 2.65. The number of carbonyl (C=O) groups excluding carboxylic acids is 1. The molecule has 2 fully saturated rings. The summed E-state index contributed by atoms with van der Waals surface area (Å²) in [4.78, 5) is 14.2. The molecule has 1 amide bonds. The van der Waals surface area contributed by atoms with Crippen LogP contribution in [0.4, 0.5) is 0 Å². The van der Waals surface area contributed by atoms with E-state index in [0.717, 1.165) is 25.6 Å². The number of rotatable bonds is 4. The lowest BCUT2D eigenvalue weighted by atomic mass is 9.99. The summed E-state index contributed by atoms with van der Waals surface area (Å²) in [6, 6.07) is 0.467. The van der Waals surface area contributed by atoms with Crippen molar-refractivity contribution in [2.75, 3.05) is 32.7 Å². The Kier molecular flexibility index (Phi) is 4.40. The van der Waals surface area contributed by atoms with Crippen molar-refractivity contribution in [1.29, 1.82) is 0 Å². The van der Waals surface area contributed by atoms with Crippen molar-refractivity contribution in [3.05, 3.63) is 0 Å². The van der Waals surface area contributed by atoms with Gasteiger partial charge in [0.1, 0.15) is 0 Å². The summed E-state index contributed by atoms with van der Waals surface area (Å²) in [5, 5.41) is 6.20. The lowest BCUT2D eigenvalue weighted by Gasteiger charge is -2.36. The van der Waals surface area contributed by atoms with Gasteiger partial charge < -0.3 is 10.6 Å². The number of nitrogens with one attached hydrogen (secondary N) is 2. The van der Waals surface area contributed by atoms with Crippen molar-refractivity contribution >= 4 is 5.91 Å². The minimum Gasteiger partial charge on any atom is -0.354 e. The maximum Gasteiger partial charge on any atom is 0.225 e. The first-order valence-electron chi connectivity index (χ1n) is 6.89. The lowest BCUT2D eigenvalue weighted by molar-refractivity contribution is -0.126.